The number of aliphatic hydroxyl groups is 1. The van der Waals surface area contributed by atoms with Gasteiger partial charge in [0.05, 0.1) is 6.10 Å². The van der Waals surface area contributed by atoms with Crippen LogP contribution < -0.4 is 0 Å². The monoisotopic (exact) mass is 208 g/mol. The molecule has 0 bridgehead atoms. The molecule has 0 fully saturated rings. The van der Waals surface area contributed by atoms with E-state index in [1.54, 1.807) is 0 Å². The van der Waals surface area contributed by atoms with E-state index >= 15 is 0 Å². The van der Waals surface area contributed by atoms with Gasteiger partial charge in [-0.3, -0.25) is 0 Å². The van der Waals surface area contributed by atoms with Gasteiger partial charge < -0.3 is 5.11 Å². The van der Waals surface area contributed by atoms with Crippen LogP contribution >= 0.6 is 0 Å². The van der Waals surface area contributed by atoms with Crippen molar-refractivity contribution in [3.8, 4) is 0 Å². The fraction of sp³-hybridized carbons (Fsp3) is 0.571. The first-order valence-electron chi connectivity index (χ1n) is 5.92. The zero-order valence-corrected chi connectivity index (χ0v) is 10.0. The normalized spacial score (nSPS) is 14.6. The zero-order valence-electron chi connectivity index (χ0n) is 10.0. The molecule has 0 amide bonds. The fourth-order valence-electron chi connectivity index (χ4n) is 1.18. The number of rotatable bonds is 8. The van der Waals surface area contributed by atoms with Crippen LogP contribution in [0.1, 0.15) is 46.0 Å². The molecule has 0 aliphatic carbocycles. The van der Waals surface area contributed by atoms with Gasteiger partial charge in [0.2, 0.25) is 0 Å². The van der Waals surface area contributed by atoms with Crippen LogP contribution in [0.25, 0.3) is 0 Å². The van der Waals surface area contributed by atoms with Crippen molar-refractivity contribution in [1.82, 2.24) is 0 Å². The number of aliphatic hydroxyl groups excluding tert-OH is 1. The van der Waals surface area contributed by atoms with E-state index in [9.17, 15) is 5.11 Å². The standard InChI is InChI=1S/C14H24O/c1-3-5-6-7-8-9-10-11-12-13-14(15)4-2/h3,5,8-9,12-15H,4,6-7,10-11H2,1-2H3/b5-3+,9-8+,13-12+. The summed E-state index contributed by atoms with van der Waals surface area (Å²) in [5.41, 5.74) is 0. The molecule has 0 radical (unpaired) electrons. The van der Waals surface area contributed by atoms with Crippen molar-refractivity contribution in [1.29, 1.82) is 0 Å². The van der Waals surface area contributed by atoms with Gasteiger partial charge in [-0.15, -0.1) is 0 Å². The largest absolute Gasteiger partial charge is 0.389 e. The van der Waals surface area contributed by atoms with Gasteiger partial charge in [0.1, 0.15) is 0 Å². The third-order valence-corrected chi connectivity index (χ3v) is 2.18. The molecular formula is C14H24O. The van der Waals surface area contributed by atoms with Crippen LogP contribution in [0.4, 0.5) is 0 Å². The minimum atomic E-state index is -0.260. The minimum absolute atomic E-state index is 0.260. The molecule has 0 saturated carbocycles. The van der Waals surface area contributed by atoms with Crippen molar-refractivity contribution in [2.24, 2.45) is 0 Å². The molecule has 1 atom stereocenters. The molecule has 0 aromatic heterocycles. The second kappa shape index (κ2) is 11.3. The lowest BCUT2D eigenvalue weighted by Crippen LogP contribution is -1.97. The van der Waals surface area contributed by atoms with Gasteiger partial charge >= 0.3 is 0 Å². The van der Waals surface area contributed by atoms with Crippen LogP contribution in [0, 0.1) is 0 Å². The summed E-state index contributed by atoms with van der Waals surface area (Å²) in [6.45, 7) is 4.03. The predicted octanol–water partition coefficient (Wildman–Crippen LogP) is 4.01. The summed E-state index contributed by atoms with van der Waals surface area (Å²) in [7, 11) is 0. The van der Waals surface area contributed by atoms with E-state index in [-0.39, 0.29) is 6.10 Å². The Bertz CT molecular complexity index is 201. The third kappa shape index (κ3) is 11.1. The van der Waals surface area contributed by atoms with Crippen LogP contribution in [-0.2, 0) is 0 Å². The highest BCUT2D eigenvalue weighted by Crippen LogP contribution is 1.99. The zero-order chi connectivity index (χ0) is 11.4. The van der Waals surface area contributed by atoms with Gasteiger partial charge in [-0.05, 0) is 39.0 Å². The van der Waals surface area contributed by atoms with Crippen molar-refractivity contribution in [2.75, 3.05) is 0 Å². The van der Waals surface area contributed by atoms with Crippen LogP contribution in [0.15, 0.2) is 36.5 Å². The van der Waals surface area contributed by atoms with Crippen LogP contribution in [0.5, 0.6) is 0 Å². The summed E-state index contributed by atoms with van der Waals surface area (Å²) in [5.74, 6) is 0. The minimum Gasteiger partial charge on any atom is -0.389 e. The summed E-state index contributed by atoms with van der Waals surface area (Å²) in [4.78, 5) is 0. The molecule has 0 aromatic carbocycles. The van der Waals surface area contributed by atoms with Gasteiger partial charge in [-0.2, -0.15) is 0 Å². The maximum atomic E-state index is 9.25. The molecule has 86 valence electrons. The second-order valence-electron chi connectivity index (χ2n) is 3.60. The Balaban J connectivity index is 3.33. The lowest BCUT2D eigenvalue weighted by atomic mass is 10.2. The summed E-state index contributed by atoms with van der Waals surface area (Å²) in [6.07, 6.45) is 17.6. The SMILES string of the molecule is C/C=C/CC/C=C/CC/C=C/C(O)CC. The summed E-state index contributed by atoms with van der Waals surface area (Å²) in [5, 5.41) is 9.25. The molecule has 1 heteroatoms. The summed E-state index contributed by atoms with van der Waals surface area (Å²) >= 11 is 0. The molecule has 15 heavy (non-hydrogen) atoms. The molecule has 0 aromatic rings. The van der Waals surface area contributed by atoms with Gasteiger partial charge in [0, 0.05) is 0 Å². The first-order chi connectivity index (χ1) is 7.31. The average Bonchev–Trinajstić information content (AvgIpc) is 2.26. The molecular weight excluding hydrogens is 184 g/mol. The van der Waals surface area contributed by atoms with E-state index in [4.69, 9.17) is 0 Å². The Morgan fingerprint density at radius 1 is 0.933 bits per heavy atom. The number of allylic oxidation sites excluding steroid dienone is 5. The lowest BCUT2D eigenvalue weighted by molar-refractivity contribution is 0.219. The molecule has 0 aliphatic rings. The third-order valence-electron chi connectivity index (χ3n) is 2.18. The van der Waals surface area contributed by atoms with E-state index in [1.807, 2.05) is 19.9 Å². The van der Waals surface area contributed by atoms with Crippen LogP contribution in [0.2, 0.25) is 0 Å². The van der Waals surface area contributed by atoms with Crippen LogP contribution in [0.3, 0.4) is 0 Å². The van der Waals surface area contributed by atoms with E-state index in [2.05, 4.69) is 30.4 Å². The fourth-order valence-corrected chi connectivity index (χ4v) is 1.18. The topological polar surface area (TPSA) is 20.2 Å². The highest BCUT2D eigenvalue weighted by molar-refractivity contribution is 4.92. The Kier molecular flexibility index (Phi) is 10.6. The molecule has 0 spiro atoms. The molecule has 1 N–H and O–H groups in total. The smallest absolute Gasteiger partial charge is 0.0718 e. The quantitative estimate of drug-likeness (QED) is 0.472. The molecule has 1 unspecified atom stereocenters. The van der Waals surface area contributed by atoms with Gasteiger partial charge in [-0.25, -0.2) is 0 Å². The summed E-state index contributed by atoms with van der Waals surface area (Å²) < 4.78 is 0. The number of hydrogen-bond acceptors (Lipinski definition) is 1. The maximum Gasteiger partial charge on any atom is 0.0718 e. The average molecular weight is 208 g/mol. The predicted molar refractivity (Wildman–Crippen MR) is 67.9 cm³/mol. The van der Waals surface area contributed by atoms with Crippen molar-refractivity contribution < 1.29 is 5.11 Å². The first kappa shape index (κ1) is 14.2. The maximum absolute atomic E-state index is 9.25. The number of unbranched alkanes of at least 4 members (excludes halogenated alkanes) is 2. The molecule has 0 aliphatic heterocycles. The molecule has 0 saturated heterocycles. The van der Waals surface area contributed by atoms with E-state index in [0.29, 0.717) is 0 Å². The van der Waals surface area contributed by atoms with E-state index in [1.165, 1.54) is 0 Å². The first-order valence-corrected chi connectivity index (χ1v) is 5.92. The van der Waals surface area contributed by atoms with E-state index in [0.717, 1.165) is 32.1 Å². The Morgan fingerprint density at radius 2 is 1.47 bits per heavy atom. The summed E-state index contributed by atoms with van der Waals surface area (Å²) in [6, 6.07) is 0. The molecule has 1 nitrogen and oxygen atoms in total. The number of hydrogen-bond donors (Lipinski definition) is 1. The van der Waals surface area contributed by atoms with Crippen molar-refractivity contribution in [3.05, 3.63) is 36.5 Å². The second-order valence-corrected chi connectivity index (χ2v) is 3.60. The van der Waals surface area contributed by atoms with Crippen molar-refractivity contribution in [2.45, 2.75) is 52.1 Å². The van der Waals surface area contributed by atoms with Crippen LogP contribution in [-0.4, -0.2) is 11.2 Å². The highest BCUT2D eigenvalue weighted by Gasteiger charge is 1.90. The molecule has 0 heterocycles. The molecule has 0 rings (SSSR count). The van der Waals surface area contributed by atoms with Gasteiger partial charge in [0.25, 0.3) is 0 Å². The van der Waals surface area contributed by atoms with Gasteiger partial charge in [0.15, 0.2) is 0 Å². The lowest BCUT2D eigenvalue weighted by Gasteiger charge is -1.97. The van der Waals surface area contributed by atoms with Crippen molar-refractivity contribution in [3.63, 3.8) is 0 Å². The Labute approximate surface area is 94.2 Å². The van der Waals surface area contributed by atoms with E-state index < -0.39 is 0 Å². The van der Waals surface area contributed by atoms with Crippen molar-refractivity contribution >= 4 is 0 Å². The Morgan fingerprint density at radius 3 is 2.00 bits per heavy atom. The Hall–Kier alpha value is -0.820. The van der Waals surface area contributed by atoms with Gasteiger partial charge in [-0.1, -0.05) is 43.4 Å². The highest BCUT2D eigenvalue weighted by atomic mass is 16.3.